The first kappa shape index (κ1) is 12.1. The van der Waals surface area contributed by atoms with E-state index in [0.717, 1.165) is 31.2 Å². The van der Waals surface area contributed by atoms with Crippen LogP contribution >= 0.6 is 0 Å². The third kappa shape index (κ3) is 2.59. The van der Waals surface area contributed by atoms with Gasteiger partial charge in [0, 0.05) is 25.1 Å². The van der Waals surface area contributed by atoms with Crippen LogP contribution in [0, 0.1) is 5.82 Å². The molecule has 0 bridgehead atoms. The molecule has 4 nitrogen and oxygen atoms in total. The fraction of sp³-hybridized carbons (Fsp3) is 0.429. The molecule has 100 valence electrons. The molecule has 0 saturated heterocycles. The van der Waals surface area contributed by atoms with Gasteiger partial charge in [0.2, 0.25) is 5.95 Å². The Morgan fingerprint density at radius 1 is 1.16 bits per heavy atom. The Bertz CT molecular complexity index is 564. The second kappa shape index (κ2) is 5.38. The Balaban J connectivity index is 1.74. The second-order valence-electron chi connectivity index (χ2n) is 4.85. The normalized spacial score (nSPS) is 14.8. The average molecular weight is 260 g/mol. The predicted molar refractivity (Wildman–Crippen MR) is 71.3 cm³/mol. The highest BCUT2D eigenvalue weighted by molar-refractivity contribution is 5.29. The van der Waals surface area contributed by atoms with Crippen LogP contribution in [0.25, 0.3) is 0 Å². The first-order valence-corrected chi connectivity index (χ1v) is 6.74. The summed E-state index contributed by atoms with van der Waals surface area (Å²) in [7, 11) is 0. The summed E-state index contributed by atoms with van der Waals surface area (Å²) >= 11 is 0. The summed E-state index contributed by atoms with van der Waals surface area (Å²) in [4.78, 5) is 0. The lowest BCUT2D eigenvalue weighted by molar-refractivity contribution is 0.610. The number of aromatic nitrogens is 3. The minimum Gasteiger partial charge on any atom is -0.350 e. The highest BCUT2D eigenvalue weighted by atomic mass is 19.1. The van der Waals surface area contributed by atoms with E-state index in [9.17, 15) is 4.39 Å². The largest absolute Gasteiger partial charge is 0.350 e. The molecule has 2 heterocycles. The molecule has 19 heavy (non-hydrogen) atoms. The van der Waals surface area contributed by atoms with Gasteiger partial charge in [-0.25, -0.2) is 4.39 Å². The lowest BCUT2D eigenvalue weighted by Crippen LogP contribution is -2.09. The van der Waals surface area contributed by atoms with Crippen molar-refractivity contribution in [1.29, 1.82) is 0 Å². The van der Waals surface area contributed by atoms with E-state index in [1.54, 1.807) is 12.1 Å². The monoisotopic (exact) mass is 260 g/mol. The molecular formula is C14H17FN4. The topological polar surface area (TPSA) is 42.7 Å². The molecule has 1 aliphatic heterocycles. The second-order valence-corrected chi connectivity index (χ2v) is 4.85. The van der Waals surface area contributed by atoms with Crippen LogP contribution in [0.5, 0.6) is 0 Å². The highest BCUT2D eigenvalue weighted by Gasteiger charge is 2.14. The van der Waals surface area contributed by atoms with Crippen LogP contribution in [-0.2, 0) is 19.5 Å². The standard InChI is InChI=1S/C14H17FN4/c15-12-7-4-3-6-11(12)10-16-14-18-17-13-8-2-1-5-9-19(13)14/h3-4,6-7H,1-2,5,8-10H2,(H,16,18). The molecular weight excluding hydrogens is 243 g/mol. The lowest BCUT2D eigenvalue weighted by atomic mass is 10.2. The number of nitrogens with zero attached hydrogens (tertiary/aromatic N) is 3. The van der Waals surface area contributed by atoms with E-state index in [4.69, 9.17) is 0 Å². The Kier molecular flexibility index (Phi) is 3.44. The number of nitrogens with one attached hydrogen (secondary N) is 1. The van der Waals surface area contributed by atoms with Crippen molar-refractivity contribution < 1.29 is 4.39 Å². The highest BCUT2D eigenvalue weighted by Crippen LogP contribution is 2.18. The van der Waals surface area contributed by atoms with Crippen LogP contribution in [0.2, 0.25) is 0 Å². The summed E-state index contributed by atoms with van der Waals surface area (Å²) in [6.45, 7) is 1.38. The van der Waals surface area contributed by atoms with Crippen LogP contribution in [0.1, 0.15) is 30.7 Å². The summed E-state index contributed by atoms with van der Waals surface area (Å²) < 4.78 is 15.7. The molecule has 0 unspecified atom stereocenters. The number of benzene rings is 1. The van der Waals surface area contributed by atoms with Gasteiger partial charge in [0.05, 0.1) is 0 Å². The zero-order valence-electron chi connectivity index (χ0n) is 10.8. The molecule has 0 atom stereocenters. The number of rotatable bonds is 3. The zero-order chi connectivity index (χ0) is 13.1. The summed E-state index contributed by atoms with van der Waals surface area (Å²) in [6, 6.07) is 6.79. The number of hydrogen-bond donors (Lipinski definition) is 1. The van der Waals surface area contributed by atoms with Crippen molar-refractivity contribution in [3.8, 4) is 0 Å². The molecule has 3 rings (SSSR count). The molecule has 0 amide bonds. The SMILES string of the molecule is Fc1ccccc1CNc1nnc2n1CCCCC2. The maximum absolute atomic E-state index is 13.5. The van der Waals surface area contributed by atoms with Gasteiger partial charge in [0.25, 0.3) is 0 Å². The van der Waals surface area contributed by atoms with Gasteiger partial charge < -0.3 is 5.32 Å². The molecule has 5 heteroatoms. The number of anilines is 1. The summed E-state index contributed by atoms with van der Waals surface area (Å²) in [5.41, 5.74) is 0.647. The zero-order valence-corrected chi connectivity index (χ0v) is 10.8. The molecule has 0 aliphatic carbocycles. The van der Waals surface area contributed by atoms with Crippen molar-refractivity contribution >= 4 is 5.95 Å². The van der Waals surface area contributed by atoms with Gasteiger partial charge in [-0.2, -0.15) is 0 Å². The molecule has 0 spiro atoms. The fourth-order valence-corrected chi connectivity index (χ4v) is 2.43. The molecule has 0 radical (unpaired) electrons. The van der Waals surface area contributed by atoms with E-state index in [-0.39, 0.29) is 5.82 Å². The minimum atomic E-state index is -0.189. The van der Waals surface area contributed by atoms with Crippen molar-refractivity contribution in [1.82, 2.24) is 14.8 Å². The van der Waals surface area contributed by atoms with E-state index in [1.165, 1.54) is 18.9 Å². The molecule has 1 aliphatic rings. The third-order valence-corrected chi connectivity index (χ3v) is 3.50. The van der Waals surface area contributed by atoms with Gasteiger partial charge in [-0.1, -0.05) is 24.6 Å². The summed E-state index contributed by atoms with van der Waals surface area (Å²) in [5.74, 6) is 1.60. The number of fused-ring (bicyclic) bond motifs is 1. The first-order chi connectivity index (χ1) is 9.34. The van der Waals surface area contributed by atoms with Crippen LogP contribution < -0.4 is 5.32 Å². The van der Waals surface area contributed by atoms with Crippen molar-refractivity contribution in [3.63, 3.8) is 0 Å². The summed E-state index contributed by atoms with van der Waals surface area (Å²) in [6.07, 6.45) is 4.54. The minimum absolute atomic E-state index is 0.189. The Hall–Kier alpha value is -1.91. The van der Waals surface area contributed by atoms with Gasteiger partial charge in [0.1, 0.15) is 11.6 Å². The predicted octanol–water partition coefficient (Wildman–Crippen LogP) is 2.76. The van der Waals surface area contributed by atoms with Gasteiger partial charge in [-0.3, -0.25) is 4.57 Å². The average Bonchev–Trinajstić information content (AvgIpc) is 2.66. The maximum atomic E-state index is 13.5. The maximum Gasteiger partial charge on any atom is 0.224 e. The summed E-state index contributed by atoms with van der Waals surface area (Å²) in [5, 5.41) is 11.6. The quantitative estimate of drug-likeness (QED) is 0.922. The van der Waals surface area contributed by atoms with Gasteiger partial charge in [-0.15, -0.1) is 10.2 Å². The molecule has 1 aromatic heterocycles. The number of hydrogen-bond acceptors (Lipinski definition) is 3. The number of aryl methyl sites for hydroxylation is 1. The Morgan fingerprint density at radius 2 is 2.05 bits per heavy atom. The van der Waals surface area contributed by atoms with E-state index < -0.39 is 0 Å². The molecule has 1 aromatic carbocycles. The van der Waals surface area contributed by atoms with E-state index >= 15 is 0 Å². The Labute approximate surface area is 111 Å². The molecule has 2 aromatic rings. The van der Waals surface area contributed by atoms with Crippen molar-refractivity contribution in [2.75, 3.05) is 5.32 Å². The number of halogens is 1. The van der Waals surface area contributed by atoms with Crippen LogP contribution in [-0.4, -0.2) is 14.8 Å². The van der Waals surface area contributed by atoms with E-state index in [0.29, 0.717) is 12.1 Å². The molecule has 1 N–H and O–H groups in total. The lowest BCUT2D eigenvalue weighted by Gasteiger charge is -2.09. The smallest absolute Gasteiger partial charge is 0.224 e. The Morgan fingerprint density at radius 3 is 2.95 bits per heavy atom. The third-order valence-electron chi connectivity index (χ3n) is 3.50. The van der Waals surface area contributed by atoms with Crippen LogP contribution in [0.15, 0.2) is 24.3 Å². The molecule has 0 fully saturated rings. The van der Waals surface area contributed by atoms with Crippen molar-refractivity contribution in [2.24, 2.45) is 0 Å². The van der Waals surface area contributed by atoms with E-state index in [1.807, 2.05) is 6.07 Å². The van der Waals surface area contributed by atoms with E-state index in [2.05, 4.69) is 20.1 Å². The first-order valence-electron chi connectivity index (χ1n) is 6.74. The van der Waals surface area contributed by atoms with Crippen LogP contribution in [0.4, 0.5) is 10.3 Å². The van der Waals surface area contributed by atoms with Crippen molar-refractivity contribution in [2.45, 2.75) is 38.8 Å². The van der Waals surface area contributed by atoms with Gasteiger partial charge >= 0.3 is 0 Å². The van der Waals surface area contributed by atoms with Crippen LogP contribution in [0.3, 0.4) is 0 Å². The fourth-order valence-electron chi connectivity index (χ4n) is 2.43. The van der Waals surface area contributed by atoms with Gasteiger partial charge in [0.15, 0.2) is 0 Å². The molecule has 0 saturated carbocycles. The van der Waals surface area contributed by atoms with Crippen molar-refractivity contribution in [3.05, 3.63) is 41.5 Å². The van der Waals surface area contributed by atoms with Gasteiger partial charge in [-0.05, 0) is 18.9 Å².